The van der Waals surface area contributed by atoms with Gasteiger partial charge in [0, 0.05) is 15.6 Å². The average Bonchev–Trinajstić information content (AvgIpc) is 3.03. The molecule has 0 radical (unpaired) electrons. The van der Waals surface area contributed by atoms with Gasteiger partial charge in [0.25, 0.3) is 5.91 Å². The number of nitriles is 1. The second-order valence-corrected chi connectivity index (χ2v) is 6.91. The van der Waals surface area contributed by atoms with Crippen molar-refractivity contribution in [3.63, 3.8) is 0 Å². The number of carbonyl (C=O) groups is 2. The molecule has 0 bridgehead atoms. The van der Waals surface area contributed by atoms with E-state index in [1.165, 1.54) is 11.0 Å². The highest BCUT2D eigenvalue weighted by atomic mass is 35.5. The Balaban J connectivity index is 1.63. The molecule has 1 aliphatic heterocycles. The van der Waals surface area contributed by atoms with E-state index in [9.17, 15) is 9.59 Å². The lowest BCUT2D eigenvalue weighted by molar-refractivity contribution is 0.0913. The highest BCUT2D eigenvalue weighted by Crippen LogP contribution is 2.23. The van der Waals surface area contributed by atoms with Crippen LogP contribution in [0.25, 0.3) is 0 Å². The first-order valence-corrected chi connectivity index (χ1v) is 9.01. The minimum atomic E-state index is -0.485. The van der Waals surface area contributed by atoms with E-state index in [-0.39, 0.29) is 18.9 Å². The number of hydrogen-bond donors (Lipinski definition) is 2. The first-order valence-electron chi connectivity index (χ1n) is 8.18. The molecule has 0 aliphatic carbocycles. The van der Waals surface area contributed by atoms with E-state index in [0.717, 1.165) is 5.56 Å². The van der Waals surface area contributed by atoms with Crippen molar-refractivity contribution in [2.24, 2.45) is 0 Å². The van der Waals surface area contributed by atoms with Crippen molar-refractivity contribution in [1.29, 1.82) is 5.26 Å². The van der Waals surface area contributed by atoms with Crippen LogP contribution in [-0.4, -0.2) is 31.2 Å². The van der Waals surface area contributed by atoms with Crippen LogP contribution in [0.4, 0.5) is 10.5 Å². The number of carbonyl (C=O) groups excluding carboxylic acids is 2. The van der Waals surface area contributed by atoms with Gasteiger partial charge in [-0.15, -0.1) is 12.6 Å². The minimum Gasteiger partial charge on any atom is -0.442 e. The van der Waals surface area contributed by atoms with Crippen LogP contribution in [0.1, 0.15) is 15.9 Å². The summed E-state index contributed by atoms with van der Waals surface area (Å²) in [6.45, 7) is 0.469. The van der Waals surface area contributed by atoms with Gasteiger partial charge in [0.05, 0.1) is 31.1 Å². The normalized spacial score (nSPS) is 16.0. The maximum Gasteiger partial charge on any atom is 0.414 e. The molecule has 1 atom stereocenters. The molecule has 6 nitrogen and oxygen atoms in total. The van der Waals surface area contributed by atoms with Gasteiger partial charge in [-0.1, -0.05) is 23.7 Å². The highest BCUT2D eigenvalue weighted by molar-refractivity contribution is 7.80. The highest BCUT2D eigenvalue weighted by Gasteiger charge is 2.32. The molecule has 0 aromatic heterocycles. The van der Waals surface area contributed by atoms with Crippen LogP contribution in [0.5, 0.6) is 0 Å². The third-order valence-corrected chi connectivity index (χ3v) is 4.70. The van der Waals surface area contributed by atoms with E-state index >= 15 is 0 Å². The zero-order valence-corrected chi connectivity index (χ0v) is 15.8. The summed E-state index contributed by atoms with van der Waals surface area (Å²) in [6, 6.07) is 14.1. The molecular formula is C19H16ClN3O3S. The topological polar surface area (TPSA) is 82.4 Å². The smallest absolute Gasteiger partial charge is 0.414 e. The molecule has 0 spiro atoms. The van der Waals surface area contributed by atoms with Crippen LogP contribution >= 0.6 is 24.2 Å². The van der Waals surface area contributed by atoms with Crippen LogP contribution in [0.15, 0.2) is 47.4 Å². The molecule has 1 heterocycles. The Kier molecular flexibility index (Phi) is 5.89. The van der Waals surface area contributed by atoms with E-state index < -0.39 is 12.2 Å². The fourth-order valence-corrected chi connectivity index (χ4v) is 3.17. The molecule has 1 N–H and O–H groups in total. The van der Waals surface area contributed by atoms with Gasteiger partial charge >= 0.3 is 6.09 Å². The fourth-order valence-electron chi connectivity index (χ4n) is 2.76. The SMILES string of the molecule is N#CCc1cccc(N2CC(CNC(=O)c3cc(Cl)ccc3S)OC2=O)c1. The molecule has 2 amide bonds. The largest absolute Gasteiger partial charge is 0.442 e. The average molecular weight is 402 g/mol. The molecule has 27 heavy (non-hydrogen) atoms. The summed E-state index contributed by atoms with van der Waals surface area (Å²) in [4.78, 5) is 26.5. The van der Waals surface area contributed by atoms with Crippen molar-refractivity contribution in [3.8, 4) is 6.07 Å². The van der Waals surface area contributed by atoms with Crippen LogP contribution in [0.3, 0.4) is 0 Å². The monoisotopic (exact) mass is 401 g/mol. The van der Waals surface area contributed by atoms with Gasteiger partial charge in [0.1, 0.15) is 6.10 Å². The van der Waals surface area contributed by atoms with E-state index in [1.54, 1.807) is 30.3 Å². The van der Waals surface area contributed by atoms with Gasteiger partial charge in [-0.25, -0.2) is 4.79 Å². The van der Waals surface area contributed by atoms with E-state index in [0.29, 0.717) is 27.7 Å². The van der Waals surface area contributed by atoms with Crippen LogP contribution in [0.2, 0.25) is 5.02 Å². The summed E-state index contributed by atoms with van der Waals surface area (Å²) in [7, 11) is 0. The van der Waals surface area contributed by atoms with Crippen molar-refractivity contribution in [2.75, 3.05) is 18.0 Å². The summed E-state index contributed by atoms with van der Waals surface area (Å²) in [5.74, 6) is -0.340. The molecule has 2 aromatic carbocycles. The van der Waals surface area contributed by atoms with Gasteiger partial charge in [-0.2, -0.15) is 5.26 Å². The molecule has 138 valence electrons. The van der Waals surface area contributed by atoms with Gasteiger partial charge < -0.3 is 10.1 Å². The number of hydrogen-bond acceptors (Lipinski definition) is 5. The molecule has 3 rings (SSSR count). The van der Waals surface area contributed by atoms with Gasteiger partial charge in [-0.05, 0) is 35.9 Å². The minimum absolute atomic E-state index is 0.165. The maximum atomic E-state index is 12.3. The van der Waals surface area contributed by atoms with Crippen molar-refractivity contribution in [3.05, 3.63) is 58.6 Å². The molecule has 1 saturated heterocycles. The van der Waals surface area contributed by atoms with Gasteiger partial charge in [-0.3, -0.25) is 9.69 Å². The summed E-state index contributed by atoms with van der Waals surface area (Å²) in [5, 5.41) is 12.0. The molecule has 8 heteroatoms. The molecular weight excluding hydrogens is 386 g/mol. The second-order valence-electron chi connectivity index (χ2n) is 5.99. The molecule has 1 unspecified atom stereocenters. The lowest BCUT2D eigenvalue weighted by Crippen LogP contribution is -2.34. The van der Waals surface area contributed by atoms with Crippen molar-refractivity contribution >= 4 is 41.9 Å². The number of anilines is 1. The lowest BCUT2D eigenvalue weighted by Gasteiger charge is -2.14. The Morgan fingerprint density at radius 1 is 1.37 bits per heavy atom. The lowest BCUT2D eigenvalue weighted by atomic mass is 10.1. The predicted octanol–water partition coefficient (Wildman–Crippen LogP) is 3.45. The Hall–Kier alpha value is -2.69. The van der Waals surface area contributed by atoms with Crippen LogP contribution < -0.4 is 10.2 Å². The Bertz CT molecular complexity index is 929. The summed E-state index contributed by atoms with van der Waals surface area (Å²) in [5.41, 5.74) is 1.84. The first-order chi connectivity index (χ1) is 13.0. The number of nitrogens with zero attached hydrogens (tertiary/aromatic N) is 2. The quantitative estimate of drug-likeness (QED) is 0.752. The number of ether oxygens (including phenoxy) is 1. The fraction of sp³-hybridized carbons (Fsp3) is 0.211. The number of rotatable bonds is 5. The van der Waals surface area contributed by atoms with Crippen molar-refractivity contribution < 1.29 is 14.3 Å². The van der Waals surface area contributed by atoms with Crippen molar-refractivity contribution in [2.45, 2.75) is 17.4 Å². The van der Waals surface area contributed by atoms with Crippen LogP contribution in [0, 0.1) is 11.3 Å². The van der Waals surface area contributed by atoms with Gasteiger partial charge in [0.15, 0.2) is 0 Å². The Morgan fingerprint density at radius 3 is 2.96 bits per heavy atom. The molecule has 0 saturated carbocycles. The standard InChI is InChI=1S/C19H16ClN3O3S/c20-13-4-5-17(27)16(9-13)18(24)22-10-15-11-23(19(25)26-15)14-3-1-2-12(8-14)6-7-21/h1-5,8-9,15,27H,6,10-11H2,(H,22,24). The van der Waals surface area contributed by atoms with Crippen molar-refractivity contribution in [1.82, 2.24) is 5.32 Å². The first kappa shape index (κ1) is 19.1. The Labute approximate surface area is 167 Å². The number of cyclic esters (lactones) is 1. The predicted molar refractivity (Wildman–Crippen MR) is 104 cm³/mol. The molecule has 1 aliphatic rings. The number of benzene rings is 2. The van der Waals surface area contributed by atoms with Gasteiger partial charge in [0.2, 0.25) is 0 Å². The van der Waals surface area contributed by atoms with E-state index in [2.05, 4.69) is 24.0 Å². The number of amides is 2. The number of thiol groups is 1. The summed E-state index contributed by atoms with van der Waals surface area (Å²) < 4.78 is 5.33. The zero-order valence-electron chi connectivity index (χ0n) is 14.2. The third-order valence-electron chi connectivity index (χ3n) is 4.07. The van der Waals surface area contributed by atoms with Crippen LogP contribution in [-0.2, 0) is 11.2 Å². The molecule has 2 aromatic rings. The third kappa shape index (κ3) is 4.54. The van der Waals surface area contributed by atoms with E-state index in [1.807, 2.05) is 6.07 Å². The van der Waals surface area contributed by atoms with E-state index in [4.69, 9.17) is 21.6 Å². The summed E-state index contributed by atoms with van der Waals surface area (Å²) in [6.07, 6.45) is -0.702. The summed E-state index contributed by atoms with van der Waals surface area (Å²) >= 11 is 10.2. The number of halogens is 1. The zero-order chi connectivity index (χ0) is 19.4. The molecule has 1 fully saturated rings. The second kappa shape index (κ2) is 8.33. The maximum absolute atomic E-state index is 12.3. The Morgan fingerprint density at radius 2 is 2.19 bits per heavy atom. The number of nitrogens with one attached hydrogen (secondary N) is 1.